The molecule has 1 fully saturated rings. The predicted octanol–water partition coefficient (Wildman–Crippen LogP) is 4.17. The molecule has 0 radical (unpaired) electrons. The van der Waals surface area contributed by atoms with Crippen LogP contribution in [0.4, 0.5) is 18.0 Å². The molecule has 2 aromatic carbocycles. The van der Waals surface area contributed by atoms with E-state index in [0.717, 1.165) is 39.2 Å². The van der Waals surface area contributed by atoms with Crippen molar-refractivity contribution in [1.29, 1.82) is 0 Å². The number of carboxylic acids is 1. The van der Waals surface area contributed by atoms with E-state index in [0.29, 0.717) is 26.0 Å². The molecule has 0 bridgehead atoms. The number of rotatable bonds is 17. The van der Waals surface area contributed by atoms with Crippen molar-refractivity contribution < 1.29 is 52.1 Å². The minimum atomic E-state index is -5.08. The topological polar surface area (TPSA) is 239 Å². The summed E-state index contributed by atoms with van der Waals surface area (Å²) in [6, 6.07) is 13.3. The number of hydrogen-bond donors (Lipinski definition) is 7. The summed E-state index contributed by atoms with van der Waals surface area (Å²) in [6.45, 7) is 10.5. The number of ether oxygens (including phenoxy) is 1. The number of β-amino-alcohol motifs (C(OH)–C–C–N with tert-alkyl or cyclic N) is 1. The number of carbonyl (C=O) groups is 5. The van der Waals surface area contributed by atoms with Crippen LogP contribution in [0.2, 0.25) is 0 Å². The van der Waals surface area contributed by atoms with Crippen LogP contribution in [0.3, 0.4) is 0 Å². The van der Waals surface area contributed by atoms with E-state index in [9.17, 15) is 37.5 Å². The van der Waals surface area contributed by atoms with Crippen LogP contribution in [0, 0.1) is 12.3 Å². The Morgan fingerprint density at radius 3 is 2.15 bits per heavy atom. The number of hydrogen-bond acceptors (Lipinski definition) is 10. The molecule has 60 heavy (non-hydrogen) atoms. The first-order valence-electron chi connectivity index (χ1n) is 19.4. The lowest BCUT2D eigenvalue weighted by molar-refractivity contribution is -0.192. The SMILES string of the molecule is Cc1ncsc1-c1ccc(CNC(=O)[C@@H]2C[C@@H](O)CN2C(=O)[C@@H](NC(=O)NCCCc2ccc(CO[C@H](C)[C@@H](N)CCC(N)=O)cc2)C(C)(C)C)cc1.O=C(O)C(F)(F)F. The van der Waals surface area contributed by atoms with Crippen molar-refractivity contribution in [2.75, 3.05) is 13.1 Å². The van der Waals surface area contributed by atoms with Crippen LogP contribution in [0.25, 0.3) is 10.4 Å². The Balaban J connectivity index is 0.00000126. The van der Waals surface area contributed by atoms with Gasteiger partial charge >= 0.3 is 18.2 Å². The van der Waals surface area contributed by atoms with Gasteiger partial charge in [0, 0.05) is 38.5 Å². The van der Waals surface area contributed by atoms with E-state index in [1.54, 1.807) is 11.3 Å². The maximum absolute atomic E-state index is 13.9. The van der Waals surface area contributed by atoms with Crippen LogP contribution in [-0.2, 0) is 43.5 Å². The fourth-order valence-electron chi connectivity index (χ4n) is 6.15. The molecule has 3 aromatic rings. The van der Waals surface area contributed by atoms with Crippen LogP contribution in [0.15, 0.2) is 54.0 Å². The second-order valence-corrected chi connectivity index (χ2v) is 16.5. The van der Waals surface area contributed by atoms with Gasteiger partial charge in [0.05, 0.1) is 34.9 Å². The van der Waals surface area contributed by atoms with Gasteiger partial charge in [0.2, 0.25) is 17.7 Å². The third kappa shape index (κ3) is 15.8. The number of aromatic nitrogens is 1. The molecule has 1 saturated heterocycles. The Bertz CT molecular complexity index is 1890. The van der Waals surface area contributed by atoms with Crippen LogP contribution in [0.5, 0.6) is 0 Å². The van der Waals surface area contributed by atoms with Gasteiger partial charge in [-0.3, -0.25) is 14.4 Å². The maximum atomic E-state index is 13.9. The van der Waals surface area contributed by atoms with Gasteiger partial charge in [-0.2, -0.15) is 13.2 Å². The highest BCUT2D eigenvalue weighted by Crippen LogP contribution is 2.28. The number of aliphatic hydroxyl groups is 1. The van der Waals surface area contributed by atoms with E-state index in [4.69, 9.17) is 26.1 Å². The molecule has 0 aliphatic carbocycles. The molecule has 2 heterocycles. The summed E-state index contributed by atoms with van der Waals surface area (Å²) in [5.74, 6) is -3.91. The summed E-state index contributed by atoms with van der Waals surface area (Å²) in [5, 5.41) is 26.3. The average molecular weight is 864 g/mol. The average Bonchev–Trinajstić information content (AvgIpc) is 3.80. The number of carbonyl (C=O) groups excluding carboxylic acids is 4. The molecule has 5 amide bonds. The van der Waals surface area contributed by atoms with Crippen molar-refractivity contribution in [2.24, 2.45) is 16.9 Å². The highest BCUT2D eigenvalue weighted by molar-refractivity contribution is 7.13. The summed E-state index contributed by atoms with van der Waals surface area (Å²) in [6.07, 6.45) is -3.93. The van der Waals surface area contributed by atoms with Crippen molar-refractivity contribution in [1.82, 2.24) is 25.8 Å². The molecule has 0 spiro atoms. The minimum absolute atomic E-state index is 0.00410. The lowest BCUT2D eigenvalue weighted by atomic mass is 9.85. The number of benzene rings is 2. The van der Waals surface area contributed by atoms with Crippen LogP contribution in [0.1, 0.15) is 75.8 Å². The Morgan fingerprint density at radius 1 is 1.00 bits per heavy atom. The van der Waals surface area contributed by atoms with Crippen molar-refractivity contribution in [2.45, 2.75) is 116 Å². The molecular formula is C41H56F3N7O8S. The minimum Gasteiger partial charge on any atom is -0.475 e. The summed E-state index contributed by atoms with van der Waals surface area (Å²) >= 11 is 1.58. The number of likely N-dealkylation sites (tertiary alicyclic amines) is 1. The van der Waals surface area contributed by atoms with E-state index in [2.05, 4.69) is 20.9 Å². The molecule has 1 aliphatic heterocycles. The normalized spacial score (nSPS) is 16.8. The van der Waals surface area contributed by atoms with Crippen molar-refractivity contribution in [3.8, 4) is 10.4 Å². The number of nitrogens with one attached hydrogen (secondary N) is 3. The standard InChI is InChI=1S/C39H55N7O6S.C2HF3O2/c1-24-34(53-23-44-24)29-14-12-27(13-15-29)20-43-36(49)32-19-30(47)21-46(32)37(50)35(39(3,4)5)45-38(51)42-18-6-7-26-8-10-28(11-9-26)22-52-25(2)31(40)16-17-33(41)48;3-2(4,5)1(6)7/h8-15,23,25,30-32,35,47H,6-7,16-22,40H2,1-5H3,(H2,41,48)(H,43,49)(H2,42,45,51);(H,6,7)/t25-,30-,31+,32+,35-;/m1./s1. The van der Waals surface area contributed by atoms with Gasteiger partial charge in [-0.25, -0.2) is 14.6 Å². The first-order valence-corrected chi connectivity index (χ1v) is 20.3. The fraction of sp³-hybridized carbons (Fsp3) is 0.512. The number of aliphatic carboxylic acids is 1. The van der Waals surface area contributed by atoms with E-state index in [1.165, 1.54) is 4.90 Å². The lowest BCUT2D eigenvalue weighted by Gasteiger charge is -2.35. The van der Waals surface area contributed by atoms with Gasteiger partial charge in [0.15, 0.2) is 0 Å². The van der Waals surface area contributed by atoms with Crippen LogP contribution >= 0.6 is 11.3 Å². The molecular weight excluding hydrogens is 808 g/mol. The zero-order valence-electron chi connectivity index (χ0n) is 34.4. The first-order chi connectivity index (χ1) is 28.1. The zero-order valence-corrected chi connectivity index (χ0v) is 35.2. The number of nitrogens with two attached hydrogens (primary N) is 2. The smallest absolute Gasteiger partial charge is 0.475 e. The fourth-order valence-corrected chi connectivity index (χ4v) is 6.97. The highest BCUT2D eigenvalue weighted by Gasteiger charge is 2.44. The highest BCUT2D eigenvalue weighted by atomic mass is 32.1. The summed E-state index contributed by atoms with van der Waals surface area (Å²) in [7, 11) is 0. The molecule has 330 valence electrons. The number of thiazole rings is 1. The van der Waals surface area contributed by atoms with E-state index in [1.807, 2.05) is 88.7 Å². The van der Waals surface area contributed by atoms with Gasteiger partial charge in [-0.05, 0) is 60.8 Å². The number of alkyl halides is 3. The molecule has 0 saturated carbocycles. The quantitative estimate of drug-likeness (QED) is 0.0956. The van der Waals surface area contributed by atoms with Gasteiger partial charge in [0.1, 0.15) is 12.1 Å². The van der Waals surface area contributed by atoms with Gasteiger partial charge in [0.25, 0.3) is 0 Å². The molecule has 15 nitrogen and oxygen atoms in total. The number of primary amides is 1. The number of amides is 5. The van der Waals surface area contributed by atoms with Crippen molar-refractivity contribution in [3.63, 3.8) is 0 Å². The lowest BCUT2D eigenvalue weighted by Crippen LogP contribution is -2.59. The van der Waals surface area contributed by atoms with Gasteiger partial charge in [-0.15, -0.1) is 11.3 Å². The molecule has 4 rings (SSSR count). The number of carboxylic acid groups (broad SMARTS) is 1. The molecule has 1 aromatic heterocycles. The zero-order chi connectivity index (χ0) is 44.8. The third-order valence-corrected chi connectivity index (χ3v) is 10.7. The Labute approximate surface area is 351 Å². The second-order valence-electron chi connectivity index (χ2n) is 15.7. The Kier molecular flexibility index (Phi) is 18.5. The molecule has 1 aliphatic rings. The molecule has 19 heteroatoms. The van der Waals surface area contributed by atoms with E-state index < -0.39 is 47.7 Å². The third-order valence-electron chi connectivity index (χ3n) is 9.71. The summed E-state index contributed by atoms with van der Waals surface area (Å²) < 4.78 is 37.6. The van der Waals surface area contributed by atoms with Crippen molar-refractivity contribution in [3.05, 3.63) is 76.4 Å². The van der Waals surface area contributed by atoms with Crippen molar-refractivity contribution >= 4 is 41.1 Å². The van der Waals surface area contributed by atoms with E-state index in [-0.39, 0.29) is 49.9 Å². The molecule has 5 atom stereocenters. The number of aryl methyl sites for hydroxylation is 2. The Hall–Kier alpha value is -5.11. The van der Waals surface area contributed by atoms with Gasteiger partial charge in [-0.1, -0.05) is 69.3 Å². The maximum Gasteiger partial charge on any atom is 0.490 e. The molecule has 0 unspecified atom stereocenters. The molecule has 9 N–H and O–H groups in total. The first kappa shape index (κ1) is 49.3. The Morgan fingerprint density at radius 2 is 1.60 bits per heavy atom. The second kappa shape index (κ2) is 22.5. The summed E-state index contributed by atoms with van der Waals surface area (Å²) in [5.41, 5.74) is 17.5. The predicted molar refractivity (Wildman–Crippen MR) is 219 cm³/mol. The van der Waals surface area contributed by atoms with Gasteiger partial charge < -0.3 is 47.3 Å². The summed E-state index contributed by atoms with van der Waals surface area (Å²) in [4.78, 5) is 67.0. The van der Waals surface area contributed by atoms with Crippen LogP contribution in [-0.4, -0.2) is 99.4 Å². The monoisotopic (exact) mass is 863 g/mol. The number of nitrogens with zero attached hydrogens (tertiary/aromatic N) is 2. The largest absolute Gasteiger partial charge is 0.490 e. The number of urea groups is 1. The number of aliphatic hydroxyl groups excluding tert-OH is 1. The van der Waals surface area contributed by atoms with Crippen LogP contribution < -0.4 is 27.4 Å². The number of halogens is 3. The van der Waals surface area contributed by atoms with E-state index >= 15 is 0 Å².